The average Bonchev–Trinajstić information content (AvgIpc) is 2.74. The number of nitrogens with one attached hydrogen (secondary N) is 3. The van der Waals surface area contributed by atoms with Crippen molar-refractivity contribution in [3.05, 3.63) is 11.1 Å². The van der Waals surface area contributed by atoms with E-state index in [4.69, 9.17) is 0 Å². The van der Waals surface area contributed by atoms with E-state index in [1.807, 2.05) is 26.2 Å². The van der Waals surface area contributed by atoms with Crippen molar-refractivity contribution < 1.29 is 8.42 Å². The Bertz CT molecular complexity index is 458. The summed E-state index contributed by atoms with van der Waals surface area (Å²) >= 11 is 1.28. The number of rotatable bonds is 8. The van der Waals surface area contributed by atoms with Crippen LogP contribution in [0.2, 0.25) is 0 Å². The van der Waals surface area contributed by atoms with Gasteiger partial charge in [0, 0.05) is 18.0 Å². The summed E-state index contributed by atoms with van der Waals surface area (Å²) in [6.45, 7) is 7.18. The second kappa shape index (κ2) is 7.03. The van der Waals surface area contributed by atoms with Gasteiger partial charge in [0.2, 0.25) is 0 Å². The maximum absolute atomic E-state index is 11.6. The Balaban J connectivity index is 2.63. The fourth-order valence-corrected chi connectivity index (χ4v) is 3.32. The van der Waals surface area contributed by atoms with Crippen molar-refractivity contribution in [2.24, 2.45) is 0 Å². The van der Waals surface area contributed by atoms with Gasteiger partial charge in [-0.2, -0.15) is 13.1 Å². The molecule has 1 atom stereocenters. The fourth-order valence-electron chi connectivity index (χ4n) is 1.33. The Morgan fingerprint density at radius 2 is 2.17 bits per heavy atom. The van der Waals surface area contributed by atoms with E-state index in [9.17, 15) is 8.42 Å². The molecule has 0 aliphatic heterocycles. The van der Waals surface area contributed by atoms with Gasteiger partial charge >= 0.3 is 10.2 Å². The van der Waals surface area contributed by atoms with E-state index in [1.165, 1.54) is 11.3 Å². The molecule has 18 heavy (non-hydrogen) atoms. The van der Waals surface area contributed by atoms with Crippen LogP contribution in [0.1, 0.15) is 38.9 Å². The zero-order chi connectivity index (χ0) is 13.6. The highest BCUT2D eigenvalue weighted by Gasteiger charge is 2.13. The fraction of sp³-hybridized carbons (Fsp3) is 0.700. The molecule has 0 aliphatic rings. The second-order valence-corrected chi connectivity index (χ2v) is 6.21. The van der Waals surface area contributed by atoms with Gasteiger partial charge < -0.3 is 5.32 Å². The van der Waals surface area contributed by atoms with Crippen LogP contribution in [0.3, 0.4) is 0 Å². The number of nitrogens with zero attached hydrogens (tertiary/aromatic N) is 1. The van der Waals surface area contributed by atoms with Gasteiger partial charge in [0.05, 0.1) is 5.69 Å². The molecule has 1 aromatic rings. The molecule has 3 N–H and O–H groups in total. The van der Waals surface area contributed by atoms with Crippen LogP contribution in [0, 0.1) is 0 Å². The quantitative estimate of drug-likeness (QED) is 0.677. The van der Waals surface area contributed by atoms with E-state index in [0.717, 1.165) is 18.7 Å². The molecule has 0 spiro atoms. The van der Waals surface area contributed by atoms with Crippen LogP contribution in [-0.4, -0.2) is 26.5 Å². The molecule has 0 fully saturated rings. The van der Waals surface area contributed by atoms with E-state index < -0.39 is 10.2 Å². The third-order valence-corrected chi connectivity index (χ3v) is 4.19. The van der Waals surface area contributed by atoms with Crippen molar-refractivity contribution in [2.75, 3.05) is 17.8 Å². The highest BCUT2D eigenvalue weighted by atomic mass is 32.2. The van der Waals surface area contributed by atoms with E-state index in [2.05, 4.69) is 19.7 Å². The Labute approximate surface area is 112 Å². The Morgan fingerprint density at radius 1 is 1.44 bits per heavy atom. The van der Waals surface area contributed by atoms with Crippen molar-refractivity contribution in [1.82, 2.24) is 15.0 Å². The van der Waals surface area contributed by atoms with Crippen LogP contribution in [0.25, 0.3) is 0 Å². The summed E-state index contributed by atoms with van der Waals surface area (Å²) in [7, 11) is -3.49. The summed E-state index contributed by atoms with van der Waals surface area (Å²) < 4.78 is 28.0. The maximum Gasteiger partial charge on any atom is 0.300 e. The minimum absolute atomic E-state index is 0.119. The zero-order valence-corrected chi connectivity index (χ0v) is 12.5. The second-order valence-electron chi connectivity index (χ2n) is 3.86. The summed E-state index contributed by atoms with van der Waals surface area (Å²) in [5.41, 5.74) is 0.843. The lowest BCUT2D eigenvalue weighted by Crippen LogP contribution is -2.30. The lowest BCUT2D eigenvalue weighted by molar-refractivity contribution is 0.583. The molecule has 1 unspecified atom stereocenters. The molecule has 0 radical (unpaired) electrons. The summed E-state index contributed by atoms with van der Waals surface area (Å²) in [6.07, 6.45) is 0.751. The number of thiazole rings is 1. The molecule has 0 amide bonds. The summed E-state index contributed by atoms with van der Waals surface area (Å²) in [4.78, 5) is 4.25. The molecule has 0 bridgehead atoms. The number of hydrogen-bond donors (Lipinski definition) is 3. The minimum atomic E-state index is -3.49. The summed E-state index contributed by atoms with van der Waals surface area (Å²) in [5.74, 6) is 0. The lowest BCUT2D eigenvalue weighted by Gasteiger charge is -2.08. The number of hydrogen-bond acceptors (Lipinski definition) is 5. The Kier molecular flexibility index (Phi) is 6.00. The minimum Gasteiger partial charge on any atom is -0.309 e. The predicted molar refractivity (Wildman–Crippen MR) is 75.0 cm³/mol. The molecule has 1 heterocycles. The van der Waals surface area contributed by atoms with Crippen LogP contribution in [-0.2, 0) is 10.2 Å². The van der Waals surface area contributed by atoms with Crippen molar-refractivity contribution >= 4 is 26.7 Å². The zero-order valence-electron chi connectivity index (χ0n) is 10.9. The molecule has 1 rings (SSSR count). The van der Waals surface area contributed by atoms with E-state index >= 15 is 0 Å². The van der Waals surface area contributed by atoms with Crippen LogP contribution < -0.4 is 14.8 Å². The third kappa shape index (κ3) is 4.89. The SMILES string of the molecule is CCCNS(=O)(=O)Nc1nc(C(C)NCC)cs1. The van der Waals surface area contributed by atoms with Crippen molar-refractivity contribution in [2.45, 2.75) is 33.2 Å². The monoisotopic (exact) mass is 292 g/mol. The molecule has 8 heteroatoms. The van der Waals surface area contributed by atoms with Gasteiger partial charge in [-0.25, -0.2) is 9.71 Å². The average molecular weight is 292 g/mol. The normalized spacial score (nSPS) is 13.5. The first-order valence-electron chi connectivity index (χ1n) is 5.94. The molecular weight excluding hydrogens is 272 g/mol. The summed E-state index contributed by atoms with van der Waals surface area (Å²) in [5, 5.41) is 5.46. The predicted octanol–water partition coefficient (Wildman–Crippen LogP) is 1.47. The highest BCUT2D eigenvalue weighted by molar-refractivity contribution is 7.91. The van der Waals surface area contributed by atoms with Gasteiger partial charge in [0.25, 0.3) is 0 Å². The standard InChI is InChI=1S/C10H20N4O2S2/c1-4-6-12-18(15,16)14-10-13-9(7-17-10)8(3)11-5-2/h7-8,11-12H,4-6H2,1-3H3,(H,13,14). The number of aromatic nitrogens is 1. The van der Waals surface area contributed by atoms with Crippen LogP contribution in [0.5, 0.6) is 0 Å². The Morgan fingerprint density at radius 3 is 2.78 bits per heavy atom. The molecule has 6 nitrogen and oxygen atoms in total. The van der Waals surface area contributed by atoms with Gasteiger partial charge in [0.1, 0.15) is 0 Å². The van der Waals surface area contributed by atoms with E-state index in [-0.39, 0.29) is 6.04 Å². The first-order valence-corrected chi connectivity index (χ1v) is 8.31. The molecule has 0 aromatic carbocycles. The first-order chi connectivity index (χ1) is 8.48. The van der Waals surface area contributed by atoms with Crippen molar-refractivity contribution in [3.8, 4) is 0 Å². The Hall–Kier alpha value is -0.700. The van der Waals surface area contributed by atoms with Gasteiger partial charge in [-0.05, 0) is 19.9 Å². The van der Waals surface area contributed by atoms with Gasteiger partial charge in [-0.1, -0.05) is 13.8 Å². The lowest BCUT2D eigenvalue weighted by atomic mass is 10.3. The first kappa shape index (κ1) is 15.4. The smallest absolute Gasteiger partial charge is 0.300 e. The molecule has 0 saturated carbocycles. The van der Waals surface area contributed by atoms with Crippen molar-refractivity contribution in [3.63, 3.8) is 0 Å². The van der Waals surface area contributed by atoms with Crippen LogP contribution in [0.4, 0.5) is 5.13 Å². The topological polar surface area (TPSA) is 83.1 Å². The van der Waals surface area contributed by atoms with E-state index in [1.54, 1.807) is 0 Å². The van der Waals surface area contributed by atoms with E-state index in [0.29, 0.717) is 11.7 Å². The largest absolute Gasteiger partial charge is 0.309 e. The van der Waals surface area contributed by atoms with Gasteiger partial charge in [-0.3, -0.25) is 0 Å². The molecule has 1 aromatic heterocycles. The third-order valence-electron chi connectivity index (χ3n) is 2.24. The number of anilines is 1. The highest BCUT2D eigenvalue weighted by Crippen LogP contribution is 2.20. The molecule has 0 saturated heterocycles. The van der Waals surface area contributed by atoms with Gasteiger partial charge in [0.15, 0.2) is 5.13 Å². The van der Waals surface area contributed by atoms with Crippen molar-refractivity contribution in [1.29, 1.82) is 0 Å². The van der Waals surface area contributed by atoms with Crippen LogP contribution in [0.15, 0.2) is 5.38 Å². The van der Waals surface area contributed by atoms with Gasteiger partial charge in [-0.15, -0.1) is 11.3 Å². The molecule has 0 aliphatic carbocycles. The molecule has 104 valence electrons. The van der Waals surface area contributed by atoms with Crippen LogP contribution >= 0.6 is 11.3 Å². The maximum atomic E-state index is 11.6. The summed E-state index contributed by atoms with van der Waals surface area (Å²) in [6, 6.07) is 0.119. The molecular formula is C10H20N4O2S2.